The van der Waals surface area contributed by atoms with Gasteiger partial charge in [-0.15, -0.1) is 0 Å². The Kier molecular flexibility index (Phi) is 8.73. The molecule has 0 aromatic heterocycles. The summed E-state index contributed by atoms with van der Waals surface area (Å²) in [5.74, 6) is 0. The second-order valence-corrected chi connectivity index (χ2v) is 6.31. The van der Waals surface area contributed by atoms with E-state index in [9.17, 15) is 40.9 Å². The van der Waals surface area contributed by atoms with Crippen molar-refractivity contribution in [2.75, 3.05) is 14.2 Å². The van der Waals surface area contributed by atoms with Gasteiger partial charge in [0.25, 0.3) is 0 Å². The molecule has 0 aromatic carbocycles. The summed E-state index contributed by atoms with van der Waals surface area (Å²) < 4.78 is 9.35. The second-order valence-electron chi connectivity index (χ2n) is 6.31. The highest BCUT2D eigenvalue weighted by Gasteiger charge is 2.49. The average Bonchev–Trinajstić information content (AvgIpc) is 2.63. The van der Waals surface area contributed by atoms with Crippen molar-refractivity contribution in [3.8, 4) is 0 Å². The zero-order chi connectivity index (χ0) is 20.3. The van der Waals surface area contributed by atoms with Gasteiger partial charge in [-0.2, -0.15) is 0 Å². The van der Waals surface area contributed by atoms with Gasteiger partial charge in [-0.05, 0) is 0 Å². The van der Waals surface area contributed by atoms with Crippen molar-refractivity contribution >= 4 is 0 Å². The van der Waals surface area contributed by atoms with Gasteiger partial charge in [-0.25, -0.2) is 0 Å². The Labute approximate surface area is 149 Å². The SMILES string of the molecule is COC1[C@@H](O)[C@@H](O)C(O)[C@H](O)[C@H]1O.COC1[C@@H](O)[C@@H](O)C(O)[C@H](O)[C@H]1O. The minimum atomic E-state index is -1.56. The van der Waals surface area contributed by atoms with Gasteiger partial charge >= 0.3 is 0 Å². The molecule has 156 valence electrons. The molecule has 0 aromatic rings. The van der Waals surface area contributed by atoms with Gasteiger partial charge in [-0.3, -0.25) is 0 Å². The number of aliphatic hydroxyl groups is 10. The predicted octanol–water partition coefficient (Wildman–Crippen LogP) is -6.36. The summed E-state index contributed by atoms with van der Waals surface area (Å²) in [6.07, 6.45) is -17.0. The van der Waals surface area contributed by atoms with E-state index in [-0.39, 0.29) is 0 Å². The first kappa shape index (κ1) is 23.6. The monoisotopic (exact) mass is 388 g/mol. The summed E-state index contributed by atoms with van der Waals surface area (Å²) in [6, 6.07) is 0. The van der Waals surface area contributed by atoms with Crippen LogP contribution in [-0.4, -0.2) is 139 Å². The smallest absolute Gasteiger partial charge is 0.114 e. The first-order chi connectivity index (χ1) is 12.0. The van der Waals surface area contributed by atoms with E-state index in [4.69, 9.17) is 10.2 Å². The molecule has 4 unspecified atom stereocenters. The maximum absolute atomic E-state index is 9.29. The lowest BCUT2D eigenvalue weighted by Gasteiger charge is -2.40. The van der Waals surface area contributed by atoms with E-state index in [0.717, 1.165) is 0 Å². The van der Waals surface area contributed by atoms with Crippen molar-refractivity contribution in [3.63, 3.8) is 0 Å². The fourth-order valence-electron chi connectivity index (χ4n) is 2.95. The van der Waals surface area contributed by atoms with Crippen molar-refractivity contribution in [3.05, 3.63) is 0 Å². The summed E-state index contributed by atoms with van der Waals surface area (Å²) in [6.45, 7) is 0. The minimum Gasteiger partial charge on any atom is -0.387 e. The Bertz CT molecular complexity index is 355. The zero-order valence-electron chi connectivity index (χ0n) is 14.2. The molecule has 26 heavy (non-hydrogen) atoms. The summed E-state index contributed by atoms with van der Waals surface area (Å²) in [5, 5.41) is 92.1. The molecule has 12 heteroatoms. The molecule has 0 amide bonds. The van der Waals surface area contributed by atoms with Gasteiger partial charge in [-0.1, -0.05) is 0 Å². The largest absolute Gasteiger partial charge is 0.387 e. The van der Waals surface area contributed by atoms with Crippen LogP contribution in [0.15, 0.2) is 0 Å². The summed E-state index contributed by atoms with van der Waals surface area (Å²) in [5.41, 5.74) is 0. The van der Waals surface area contributed by atoms with E-state index >= 15 is 0 Å². The highest BCUT2D eigenvalue weighted by atomic mass is 16.5. The normalized spacial score (nSPS) is 52.2. The second kappa shape index (κ2) is 9.64. The van der Waals surface area contributed by atoms with Crippen LogP contribution < -0.4 is 0 Å². The Morgan fingerprint density at radius 1 is 0.346 bits per heavy atom. The van der Waals surface area contributed by atoms with Crippen LogP contribution in [0.4, 0.5) is 0 Å². The molecule has 2 saturated carbocycles. The molecule has 0 heterocycles. The molecule has 12 nitrogen and oxygen atoms in total. The molecular weight excluding hydrogens is 360 g/mol. The first-order valence-corrected chi connectivity index (χ1v) is 7.87. The Hall–Kier alpha value is -0.480. The van der Waals surface area contributed by atoms with Crippen LogP contribution in [0.25, 0.3) is 0 Å². The van der Waals surface area contributed by atoms with Crippen LogP contribution in [0.2, 0.25) is 0 Å². The van der Waals surface area contributed by atoms with Crippen molar-refractivity contribution < 1.29 is 60.5 Å². The maximum atomic E-state index is 9.29. The average molecular weight is 388 g/mol. The Balaban J connectivity index is 0.000000260. The molecule has 0 aliphatic heterocycles. The van der Waals surface area contributed by atoms with E-state index in [1.807, 2.05) is 0 Å². The molecular formula is C14H28O12. The van der Waals surface area contributed by atoms with Crippen LogP contribution in [0.5, 0.6) is 0 Å². The van der Waals surface area contributed by atoms with Gasteiger partial charge < -0.3 is 60.5 Å². The lowest BCUT2D eigenvalue weighted by Crippen LogP contribution is -2.64. The topological polar surface area (TPSA) is 221 Å². The van der Waals surface area contributed by atoms with Gasteiger partial charge in [0, 0.05) is 14.2 Å². The molecule has 2 rings (SSSR count). The molecule has 2 aliphatic rings. The Morgan fingerprint density at radius 2 is 0.500 bits per heavy atom. The standard InChI is InChI=1S/2C7H14O6/c2*1-13-7-5(11)3(9)2(8)4(10)6(7)12/h2*2-12H,1H3/t2*2?,3-,4-,5-,6+,7?/m00/s1. The van der Waals surface area contributed by atoms with Crippen LogP contribution in [-0.2, 0) is 9.47 Å². The first-order valence-electron chi connectivity index (χ1n) is 7.87. The number of methoxy groups -OCH3 is 2. The summed E-state index contributed by atoms with van der Waals surface area (Å²) in [7, 11) is 2.46. The van der Waals surface area contributed by atoms with Crippen molar-refractivity contribution in [2.45, 2.75) is 73.2 Å². The summed E-state index contributed by atoms with van der Waals surface area (Å²) >= 11 is 0. The molecule has 10 N–H and O–H groups in total. The molecule has 0 spiro atoms. The lowest BCUT2D eigenvalue weighted by molar-refractivity contribution is -0.229. The van der Waals surface area contributed by atoms with E-state index in [1.165, 1.54) is 14.2 Å². The van der Waals surface area contributed by atoms with E-state index in [1.54, 1.807) is 0 Å². The highest BCUT2D eigenvalue weighted by Crippen LogP contribution is 2.24. The zero-order valence-corrected chi connectivity index (χ0v) is 14.2. The van der Waals surface area contributed by atoms with Gasteiger partial charge in [0.1, 0.15) is 73.2 Å². The van der Waals surface area contributed by atoms with Crippen LogP contribution in [0, 0.1) is 0 Å². The molecule has 0 radical (unpaired) electrons. The number of rotatable bonds is 2. The van der Waals surface area contributed by atoms with E-state index in [2.05, 4.69) is 9.47 Å². The fraction of sp³-hybridized carbons (Fsp3) is 1.00. The fourth-order valence-corrected chi connectivity index (χ4v) is 2.95. The van der Waals surface area contributed by atoms with Crippen LogP contribution >= 0.6 is 0 Å². The summed E-state index contributed by atoms with van der Waals surface area (Å²) in [4.78, 5) is 0. The number of hydrogen-bond acceptors (Lipinski definition) is 12. The third kappa shape index (κ3) is 4.49. The van der Waals surface area contributed by atoms with Crippen molar-refractivity contribution in [1.82, 2.24) is 0 Å². The molecule has 2 fully saturated rings. The van der Waals surface area contributed by atoms with E-state index in [0.29, 0.717) is 0 Å². The minimum absolute atomic E-state index is 1.09. The third-order valence-corrected chi connectivity index (χ3v) is 4.69. The van der Waals surface area contributed by atoms with Crippen molar-refractivity contribution in [2.24, 2.45) is 0 Å². The number of ether oxygens (including phenoxy) is 2. The quantitative estimate of drug-likeness (QED) is 0.213. The maximum Gasteiger partial charge on any atom is 0.114 e. The molecule has 0 bridgehead atoms. The highest BCUT2D eigenvalue weighted by molar-refractivity contribution is 4.99. The molecule has 0 saturated heterocycles. The predicted molar refractivity (Wildman–Crippen MR) is 81.7 cm³/mol. The third-order valence-electron chi connectivity index (χ3n) is 4.69. The van der Waals surface area contributed by atoms with Crippen LogP contribution in [0.1, 0.15) is 0 Å². The van der Waals surface area contributed by atoms with Gasteiger partial charge in [0.2, 0.25) is 0 Å². The van der Waals surface area contributed by atoms with E-state index < -0.39 is 73.2 Å². The molecule has 12 atom stereocenters. The Morgan fingerprint density at radius 3 is 0.654 bits per heavy atom. The van der Waals surface area contributed by atoms with Crippen LogP contribution in [0.3, 0.4) is 0 Å². The lowest BCUT2D eigenvalue weighted by atomic mass is 9.85. The van der Waals surface area contributed by atoms with Gasteiger partial charge in [0.15, 0.2) is 0 Å². The number of hydrogen-bond donors (Lipinski definition) is 10. The molecule has 2 aliphatic carbocycles. The van der Waals surface area contributed by atoms with Crippen molar-refractivity contribution in [1.29, 1.82) is 0 Å². The van der Waals surface area contributed by atoms with Gasteiger partial charge in [0.05, 0.1) is 0 Å². The number of aliphatic hydroxyl groups excluding tert-OH is 10.